The van der Waals surface area contributed by atoms with Gasteiger partial charge in [0.2, 0.25) is 0 Å². The van der Waals surface area contributed by atoms with Gasteiger partial charge in [0, 0.05) is 32.7 Å². The van der Waals surface area contributed by atoms with E-state index in [0.29, 0.717) is 0 Å². The smallest absolute Gasteiger partial charge is 0.0406 e. The van der Waals surface area contributed by atoms with Gasteiger partial charge in [-0.2, -0.15) is 0 Å². The lowest BCUT2D eigenvalue weighted by Crippen LogP contribution is -2.15. The molecule has 0 atom stereocenters. The minimum Gasteiger partial charge on any atom is -0.310 e. The first-order valence-corrected chi connectivity index (χ1v) is 9.25. The summed E-state index contributed by atoms with van der Waals surface area (Å²) >= 11 is 11.4. The van der Waals surface area contributed by atoms with E-state index in [2.05, 4.69) is 51.6 Å². The van der Waals surface area contributed by atoms with E-state index in [4.69, 9.17) is 11.6 Å². The molecule has 110 valence electrons. The molecule has 0 aliphatic heterocycles. The van der Waals surface area contributed by atoms with E-state index >= 15 is 0 Å². The van der Waals surface area contributed by atoms with Crippen LogP contribution in [0.5, 0.6) is 0 Å². The van der Waals surface area contributed by atoms with Gasteiger partial charge in [0.25, 0.3) is 0 Å². The number of rotatable bonds is 6. The van der Waals surface area contributed by atoms with Gasteiger partial charge in [0.15, 0.2) is 0 Å². The summed E-state index contributed by atoms with van der Waals surface area (Å²) in [5.74, 6) is 0.962. The summed E-state index contributed by atoms with van der Waals surface area (Å²) in [6.45, 7) is 0.959. The Morgan fingerprint density at radius 1 is 1.14 bits per heavy atom. The molecule has 0 radical (unpaired) electrons. The lowest BCUT2D eigenvalue weighted by molar-refractivity contribution is 0.680. The molecule has 1 N–H and O–H groups in total. The molecule has 0 amide bonds. The summed E-state index contributed by atoms with van der Waals surface area (Å²) in [4.78, 5) is 1.34. The second kappa shape index (κ2) is 7.19. The number of hydrogen-bond donors (Lipinski definition) is 1. The maximum absolute atomic E-state index is 5.93. The summed E-state index contributed by atoms with van der Waals surface area (Å²) in [6, 6.07) is 15.4. The average Bonchev–Trinajstić information content (AvgIpc) is 3.30. The molecule has 0 unspecified atom stereocenters. The lowest BCUT2D eigenvalue weighted by atomic mass is 10.2. The Hall–Kier alpha value is -0.480. The van der Waals surface area contributed by atoms with E-state index in [0.717, 1.165) is 27.8 Å². The van der Waals surface area contributed by atoms with Gasteiger partial charge < -0.3 is 5.32 Å². The zero-order valence-electron chi connectivity index (χ0n) is 11.6. The fraction of sp³-hybridized carbons (Fsp3) is 0.294. The van der Waals surface area contributed by atoms with Gasteiger partial charge in [-0.15, -0.1) is 11.8 Å². The van der Waals surface area contributed by atoms with Crippen molar-refractivity contribution in [1.29, 1.82) is 0 Å². The van der Waals surface area contributed by atoms with Crippen molar-refractivity contribution in [3.05, 3.63) is 63.1 Å². The van der Waals surface area contributed by atoms with Crippen LogP contribution in [0.3, 0.4) is 0 Å². The minimum atomic E-state index is 0.739. The average molecular weight is 383 g/mol. The van der Waals surface area contributed by atoms with Gasteiger partial charge in [-0.1, -0.05) is 45.7 Å². The van der Waals surface area contributed by atoms with E-state index in [-0.39, 0.29) is 0 Å². The molecule has 21 heavy (non-hydrogen) atoms. The first kappa shape index (κ1) is 15.4. The number of benzene rings is 2. The van der Waals surface area contributed by atoms with Crippen LogP contribution in [0.2, 0.25) is 5.02 Å². The predicted molar refractivity (Wildman–Crippen MR) is 95.0 cm³/mol. The summed E-state index contributed by atoms with van der Waals surface area (Å²) in [5.41, 5.74) is 2.68. The maximum atomic E-state index is 5.93. The summed E-state index contributed by atoms with van der Waals surface area (Å²) in [7, 11) is 0. The molecule has 4 heteroatoms. The van der Waals surface area contributed by atoms with E-state index in [9.17, 15) is 0 Å². The Morgan fingerprint density at radius 2 is 1.90 bits per heavy atom. The zero-order chi connectivity index (χ0) is 14.7. The maximum Gasteiger partial charge on any atom is 0.0406 e. The van der Waals surface area contributed by atoms with E-state index in [1.54, 1.807) is 0 Å². The number of hydrogen-bond acceptors (Lipinski definition) is 2. The number of nitrogens with one attached hydrogen (secondary N) is 1. The Kier molecular flexibility index (Phi) is 5.28. The van der Waals surface area contributed by atoms with Crippen molar-refractivity contribution < 1.29 is 0 Å². The second-order valence-electron chi connectivity index (χ2n) is 5.32. The molecule has 1 nitrogen and oxygen atoms in total. The standard InChI is InChI=1S/C17H17BrClNS/c18-14-4-3-13(10-20-16-7-8-16)17(9-14)21-11-12-1-5-15(19)6-2-12/h1-6,9,16,20H,7-8,10-11H2. The van der Waals surface area contributed by atoms with Crippen molar-refractivity contribution in [2.45, 2.75) is 36.1 Å². The van der Waals surface area contributed by atoms with Gasteiger partial charge >= 0.3 is 0 Å². The highest BCUT2D eigenvalue weighted by Crippen LogP contribution is 2.30. The van der Waals surface area contributed by atoms with Crippen LogP contribution in [0.1, 0.15) is 24.0 Å². The van der Waals surface area contributed by atoms with E-state index in [1.807, 2.05) is 23.9 Å². The predicted octanol–water partition coefficient (Wildman–Crippen LogP) is 5.65. The van der Waals surface area contributed by atoms with Crippen LogP contribution in [0.25, 0.3) is 0 Å². The number of halogens is 2. The SMILES string of the molecule is Clc1ccc(CSc2cc(Br)ccc2CNC2CC2)cc1. The molecule has 0 aromatic heterocycles. The van der Waals surface area contributed by atoms with Gasteiger partial charge in [-0.25, -0.2) is 0 Å². The van der Waals surface area contributed by atoms with Crippen LogP contribution in [0, 0.1) is 0 Å². The minimum absolute atomic E-state index is 0.739. The van der Waals surface area contributed by atoms with Crippen LogP contribution in [0.15, 0.2) is 51.8 Å². The molecular weight excluding hydrogens is 366 g/mol. The van der Waals surface area contributed by atoms with Crippen molar-refractivity contribution in [1.82, 2.24) is 5.32 Å². The molecule has 3 rings (SSSR count). The van der Waals surface area contributed by atoms with Crippen molar-refractivity contribution in [3.8, 4) is 0 Å². The highest BCUT2D eigenvalue weighted by atomic mass is 79.9. The summed E-state index contributed by atoms with van der Waals surface area (Å²) in [5, 5.41) is 4.38. The molecule has 1 fully saturated rings. The Bertz CT molecular complexity index is 611. The van der Waals surface area contributed by atoms with Gasteiger partial charge in [0.1, 0.15) is 0 Å². The second-order valence-corrected chi connectivity index (χ2v) is 7.69. The third-order valence-corrected chi connectivity index (χ3v) is 5.41. The Morgan fingerprint density at radius 3 is 2.62 bits per heavy atom. The summed E-state index contributed by atoms with van der Waals surface area (Å²) in [6.07, 6.45) is 2.65. The van der Waals surface area contributed by atoms with Crippen molar-refractivity contribution >= 4 is 39.3 Å². The molecule has 2 aromatic rings. The topological polar surface area (TPSA) is 12.0 Å². The van der Waals surface area contributed by atoms with Crippen molar-refractivity contribution in [2.75, 3.05) is 0 Å². The van der Waals surface area contributed by atoms with Crippen LogP contribution in [0.4, 0.5) is 0 Å². The first-order valence-electron chi connectivity index (χ1n) is 7.10. The monoisotopic (exact) mass is 381 g/mol. The quantitative estimate of drug-likeness (QED) is 0.648. The van der Waals surface area contributed by atoms with E-state index in [1.165, 1.54) is 28.9 Å². The molecule has 0 saturated heterocycles. The third kappa shape index (κ3) is 4.75. The highest BCUT2D eigenvalue weighted by Gasteiger charge is 2.20. The highest BCUT2D eigenvalue weighted by molar-refractivity contribution is 9.10. The zero-order valence-corrected chi connectivity index (χ0v) is 14.8. The van der Waals surface area contributed by atoms with Gasteiger partial charge in [-0.05, 0) is 48.2 Å². The normalized spacial score (nSPS) is 14.4. The Balaban J connectivity index is 1.67. The van der Waals surface area contributed by atoms with Gasteiger partial charge in [0.05, 0.1) is 0 Å². The lowest BCUT2D eigenvalue weighted by Gasteiger charge is -2.11. The van der Waals surface area contributed by atoms with Crippen LogP contribution in [-0.4, -0.2) is 6.04 Å². The summed E-state index contributed by atoms with van der Waals surface area (Å²) < 4.78 is 1.14. The number of thioether (sulfide) groups is 1. The molecule has 2 aromatic carbocycles. The fourth-order valence-corrected chi connectivity index (χ4v) is 3.78. The van der Waals surface area contributed by atoms with Crippen molar-refractivity contribution in [3.63, 3.8) is 0 Å². The molecule has 0 spiro atoms. The van der Waals surface area contributed by atoms with Crippen LogP contribution < -0.4 is 5.32 Å². The fourth-order valence-electron chi connectivity index (χ4n) is 2.09. The molecule has 1 saturated carbocycles. The van der Waals surface area contributed by atoms with Crippen LogP contribution in [-0.2, 0) is 12.3 Å². The van der Waals surface area contributed by atoms with Crippen LogP contribution >= 0.6 is 39.3 Å². The first-order chi connectivity index (χ1) is 10.2. The molecule has 0 bridgehead atoms. The Labute approximate surface area is 143 Å². The molecule has 0 heterocycles. The van der Waals surface area contributed by atoms with Gasteiger partial charge in [-0.3, -0.25) is 0 Å². The third-order valence-electron chi connectivity index (χ3n) is 3.50. The van der Waals surface area contributed by atoms with Crippen molar-refractivity contribution in [2.24, 2.45) is 0 Å². The van der Waals surface area contributed by atoms with E-state index < -0.39 is 0 Å². The molecular formula is C17H17BrClNS. The molecule has 1 aliphatic carbocycles. The molecule has 1 aliphatic rings. The largest absolute Gasteiger partial charge is 0.310 e.